The predicted octanol–water partition coefficient (Wildman–Crippen LogP) is -0.370. The van der Waals surface area contributed by atoms with Crippen LogP contribution in [-0.2, 0) is 14.3 Å². The van der Waals surface area contributed by atoms with Crippen LogP contribution in [0.1, 0.15) is 19.6 Å². The van der Waals surface area contributed by atoms with Gasteiger partial charge in [0.1, 0.15) is 17.9 Å². The van der Waals surface area contributed by atoms with Gasteiger partial charge in [-0.1, -0.05) is 0 Å². The third-order valence-corrected chi connectivity index (χ3v) is 6.53. The van der Waals surface area contributed by atoms with Crippen molar-refractivity contribution in [1.82, 2.24) is 45.2 Å². The van der Waals surface area contributed by atoms with Gasteiger partial charge < -0.3 is 30.3 Å². The van der Waals surface area contributed by atoms with Gasteiger partial charge in [-0.3, -0.25) is 14.3 Å². The van der Waals surface area contributed by atoms with Gasteiger partial charge in [0.05, 0.1) is 19.0 Å². The van der Waals surface area contributed by atoms with E-state index in [4.69, 9.17) is 19.4 Å². The zero-order valence-corrected chi connectivity index (χ0v) is 20.4. The summed E-state index contributed by atoms with van der Waals surface area (Å²) in [5.41, 5.74) is 2.41. The minimum atomic E-state index is -1.44. The van der Waals surface area contributed by atoms with Gasteiger partial charge in [0.15, 0.2) is 40.8 Å². The number of carbonyl (C=O) groups excluding carboxylic acids is 1. The van der Waals surface area contributed by atoms with E-state index in [-0.39, 0.29) is 11.9 Å². The molecule has 15 heteroatoms. The average Bonchev–Trinajstić information content (AvgIpc) is 3.73. The summed E-state index contributed by atoms with van der Waals surface area (Å²) in [6, 6.07) is 3.61. The molecule has 15 nitrogen and oxygen atoms in total. The number of nitrogens with zero attached hydrogens (tertiary/aromatic N) is 7. The molecule has 4 aromatic rings. The molecule has 0 unspecified atom stereocenters. The van der Waals surface area contributed by atoms with Crippen LogP contribution in [0.25, 0.3) is 33.9 Å². The maximum absolute atomic E-state index is 12.4. The summed E-state index contributed by atoms with van der Waals surface area (Å²) < 4.78 is 12.8. The van der Waals surface area contributed by atoms with Gasteiger partial charge in [0.2, 0.25) is 0 Å². The summed E-state index contributed by atoms with van der Waals surface area (Å²) in [5.74, 6) is 0.167. The van der Waals surface area contributed by atoms with Crippen molar-refractivity contribution in [2.24, 2.45) is 0 Å². The molecule has 2 aliphatic heterocycles. The van der Waals surface area contributed by atoms with Gasteiger partial charge >= 0.3 is 0 Å². The monoisotopic (exact) mass is 522 g/mol. The second-order valence-corrected chi connectivity index (χ2v) is 9.00. The highest BCUT2D eigenvalue weighted by atomic mass is 16.6. The molecule has 0 aromatic carbocycles. The molecule has 4 aromatic heterocycles. The molecule has 5 N–H and O–H groups in total. The Kier molecular flexibility index (Phi) is 6.40. The van der Waals surface area contributed by atoms with E-state index in [0.29, 0.717) is 48.1 Å². The Labute approximate surface area is 215 Å². The second kappa shape index (κ2) is 10.0. The number of anilines is 1. The Morgan fingerprint density at radius 3 is 2.76 bits per heavy atom. The van der Waals surface area contributed by atoms with Crippen molar-refractivity contribution in [1.29, 1.82) is 0 Å². The lowest BCUT2D eigenvalue weighted by Crippen LogP contribution is -2.42. The number of aromatic nitrogens is 8. The summed E-state index contributed by atoms with van der Waals surface area (Å²) in [5, 5.41) is 38.6. The third-order valence-electron chi connectivity index (χ3n) is 6.53. The van der Waals surface area contributed by atoms with Gasteiger partial charge in [-0.2, -0.15) is 15.4 Å². The molecule has 0 bridgehead atoms. The molecule has 6 heterocycles. The molecule has 38 heavy (non-hydrogen) atoms. The summed E-state index contributed by atoms with van der Waals surface area (Å²) in [4.78, 5) is 30.4. The number of ether oxygens (including phenoxy) is 2. The molecule has 0 saturated carbocycles. The number of fused-ring (bicyclic) bond motifs is 1. The molecule has 198 valence electrons. The smallest absolute Gasteiger partial charge is 0.252 e. The molecule has 2 saturated heterocycles. The molecule has 5 atom stereocenters. The van der Waals surface area contributed by atoms with Crippen molar-refractivity contribution in [3.8, 4) is 22.8 Å². The lowest BCUT2D eigenvalue weighted by atomic mass is 10.1. The first-order valence-corrected chi connectivity index (χ1v) is 12.2. The number of aliphatic hydroxyl groups excluding tert-OH is 2. The Morgan fingerprint density at radius 2 is 2.00 bits per heavy atom. The van der Waals surface area contributed by atoms with Crippen LogP contribution in [0.2, 0.25) is 0 Å². The summed E-state index contributed by atoms with van der Waals surface area (Å²) in [7, 11) is 0. The van der Waals surface area contributed by atoms with Crippen molar-refractivity contribution in [2.75, 3.05) is 25.1 Å². The van der Waals surface area contributed by atoms with Crippen LogP contribution in [0.15, 0.2) is 30.9 Å². The first-order valence-electron chi connectivity index (χ1n) is 12.2. The number of nitrogens with one attached hydrogen (secondary N) is 3. The van der Waals surface area contributed by atoms with Crippen LogP contribution < -0.4 is 10.6 Å². The van der Waals surface area contributed by atoms with Crippen LogP contribution in [0.3, 0.4) is 0 Å². The third kappa shape index (κ3) is 4.24. The molecular weight excluding hydrogens is 496 g/mol. The van der Waals surface area contributed by atoms with Crippen molar-refractivity contribution in [3.63, 3.8) is 0 Å². The van der Waals surface area contributed by atoms with Gasteiger partial charge in [-0.05, 0) is 25.5 Å². The van der Waals surface area contributed by atoms with E-state index in [0.717, 1.165) is 12.0 Å². The molecule has 2 fully saturated rings. The number of aromatic amines is 1. The molecule has 0 spiro atoms. The Hall–Kier alpha value is -4.05. The highest BCUT2D eigenvalue weighted by Gasteiger charge is 2.47. The summed E-state index contributed by atoms with van der Waals surface area (Å²) in [6.07, 6.45) is 0.307. The van der Waals surface area contributed by atoms with Gasteiger partial charge in [0, 0.05) is 31.1 Å². The van der Waals surface area contributed by atoms with E-state index < -0.39 is 30.4 Å². The predicted molar refractivity (Wildman–Crippen MR) is 131 cm³/mol. The quantitative estimate of drug-likeness (QED) is 0.211. The van der Waals surface area contributed by atoms with Gasteiger partial charge in [-0.25, -0.2) is 15.0 Å². The number of hydrogen-bond acceptors (Lipinski definition) is 12. The average molecular weight is 523 g/mol. The normalized spacial score (nSPS) is 25.2. The topological polar surface area (TPSA) is 198 Å². The SMILES string of the molecule is CCNC(=O)[C@H]1O[C@@H](n2cnc3c(N[C@@H]4CCOC4)nc(-c4n[nH]nc4-c4ccncc4)nc32)[C@@H](O)[C@H]1O. The fraction of sp³-hybridized carbons (Fsp3) is 0.435. The molecule has 1 amide bonds. The van der Waals surface area contributed by atoms with E-state index in [9.17, 15) is 15.0 Å². The lowest BCUT2D eigenvalue weighted by molar-refractivity contribution is -0.137. The van der Waals surface area contributed by atoms with Crippen LogP contribution in [0, 0.1) is 0 Å². The zero-order chi connectivity index (χ0) is 26.2. The fourth-order valence-corrected chi connectivity index (χ4v) is 4.63. The minimum Gasteiger partial charge on any atom is -0.387 e. The number of amides is 1. The molecule has 0 aliphatic carbocycles. The van der Waals surface area contributed by atoms with E-state index >= 15 is 0 Å². The van der Waals surface area contributed by atoms with Crippen molar-refractivity contribution < 1.29 is 24.5 Å². The number of hydrogen-bond donors (Lipinski definition) is 5. The number of H-pyrrole nitrogens is 1. The van der Waals surface area contributed by atoms with E-state index in [1.54, 1.807) is 31.5 Å². The number of pyridine rings is 1. The zero-order valence-electron chi connectivity index (χ0n) is 20.4. The molecule has 6 rings (SSSR count). The fourth-order valence-electron chi connectivity index (χ4n) is 4.63. The summed E-state index contributed by atoms with van der Waals surface area (Å²) >= 11 is 0. The van der Waals surface area contributed by atoms with Crippen LogP contribution in [-0.4, -0.2) is 100 Å². The van der Waals surface area contributed by atoms with Crippen molar-refractivity contribution in [3.05, 3.63) is 30.9 Å². The van der Waals surface area contributed by atoms with Crippen molar-refractivity contribution >= 4 is 22.9 Å². The van der Waals surface area contributed by atoms with Crippen LogP contribution >= 0.6 is 0 Å². The summed E-state index contributed by atoms with van der Waals surface area (Å²) in [6.45, 7) is 3.25. The Bertz CT molecular complexity index is 1440. The number of carbonyl (C=O) groups is 1. The first-order chi connectivity index (χ1) is 18.5. The van der Waals surface area contributed by atoms with Crippen LogP contribution in [0.5, 0.6) is 0 Å². The first kappa shape index (κ1) is 24.3. The highest BCUT2D eigenvalue weighted by molar-refractivity contribution is 5.87. The van der Waals surface area contributed by atoms with E-state index in [1.165, 1.54) is 10.9 Å². The lowest BCUT2D eigenvalue weighted by Gasteiger charge is -2.17. The van der Waals surface area contributed by atoms with Crippen molar-refractivity contribution in [2.45, 2.75) is 43.9 Å². The second-order valence-electron chi connectivity index (χ2n) is 9.00. The standard InChI is InChI=1S/C23H26N10O5/c1-2-25-22(36)18-16(34)17(35)23(38-18)33-10-26-15-20(27-12-5-8-37-9-12)28-19(29-21(15)33)14-13(30-32-31-14)11-3-6-24-7-4-11/h3-4,6-7,10,12,16-18,23,34-35H,2,5,8-9H2,1H3,(H,25,36)(H,27,28,29)(H,30,31,32)/t12-,16-,17+,18+,23-/m1/s1. The number of imidazole rings is 1. The molecule has 0 radical (unpaired) electrons. The van der Waals surface area contributed by atoms with Crippen LogP contribution in [0.4, 0.5) is 5.82 Å². The number of rotatable bonds is 7. The van der Waals surface area contributed by atoms with E-state index in [2.05, 4.69) is 36.0 Å². The highest BCUT2D eigenvalue weighted by Crippen LogP contribution is 2.35. The van der Waals surface area contributed by atoms with Gasteiger partial charge in [0.25, 0.3) is 5.91 Å². The number of likely N-dealkylation sites (N-methyl/N-ethyl adjacent to an activating group) is 1. The maximum atomic E-state index is 12.4. The Morgan fingerprint density at radius 1 is 1.18 bits per heavy atom. The number of aliphatic hydroxyl groups is 2. The van der Waals surface area contributed by atoms with Gasteiger partial charge in [-0.15, -0.1) is 0 Å². The minimum absolute atomic E-state index is 0.0142. The largest absolute Gasteiger partial charge is 0.387 e. The molecule has 2 aliphatic rings. The van der Waals surface area contributed by atoms with E-state index in [1.807, 2.05) is 0 Å². The maximum Gasteiger partial charge on any atom is 0.252 e. The Balaban J connectivity index is 1.45. The molecular formula is C23H26N10O5.